The van der Waals surface area contributed by atoms with Crippen LogP contribution in [0.4, 0.5) is 11.4 Å². The smallest absolute Gasteiger partial charge is 0.0637 e. The molecule has 3 nitrogen and oxygen atoms in total. The molecular weight excluding hydrogens is 258 g/mol. The summed E-state index contributed by atoms with van der Waals surface area (Å²) >= 11 is 0. The molecule has 4 N–H and O–H groups in total. The van der Waals surface area contributed by atoms with Crippen LogP contribution >= 0.6 is 0 Å². The van der Waals surface area contributed by atoms with E-state index in [4.69, 9.17) is 5.73 Å². The van der Waals surface area contributed by atoms with Crippen LogP contribution in [0, 0.1) is 13.8 Å². The molecule has 0 atom stereocenters. The van der Waals surface area contributed by atoms with Crippen molar-refractivity contribution in [3.05, 3.63) is 58.7 Å². The minimum Gasteiger partial charge on any atom is -0.388 e. The molecule has 0 aliphatic heterocycles. The molecule has 0 saturated carbocycles. The number of hydrogen-bond donors (Lipinski definition) is 3. The summed E-state index contributed by atoms with van der Waals surface area (Å²) in [6.07, 6.45) is 0. The normalized spacial score (nSPS) is 11.3. The summed E-state index contributed by atoms with van der Waals surface area (Å²) < 4.78 is 0. The Morgan fingerprint density at radius 2 is 1.19 bits per heavy atom. The van der Waals surface area contributed by atoms with Gasteiger partial charge in [0.1, 0.15) is 0 Å². The molecule has 0 aliphatic rings. The molecule has 0 saturated heterocycles. The second kappa shape index (κ2) is 5.78. The molecule has 0 bridgehead atoms. The molecule has 112 valence electrons. The predicted octanol–water partition coefficient (Wildman–Crippen LogP) is 3.61. The van der Waals surface area contributed by atoms with Crippen molar-refractivity contribution in [1.29, 1.82) is 0 Å². The van der Waals surface area contributed by atoms with Crippen LogP contribution in [0.25, 0.3) is 0 Å². The third-order valence-corrected chi connectivity index (χ3v) is 4.19. The van der Waals surface area contributed by atoms with Gasteiger partial charge >= 0.3 is 0 Å². The Morgan fingerprint density at radius 1 is 0.810 bits per heavy atom. The molecule has 0 unspecified atom stereocenters. The molecule has 21 heavy (non-hydrogen) atoms. The molecule has 2 rings (SSSR count). The van der Waals surface area contributed by atoms with Crippen molar-refractivity contribution in [1.82, 2.24) is 0 Å². The fourth-order valence-corrected chi connectivity index (χ4v) is 2.70. The van der Waals surface area contributed by atoms with Crippen LogP contribution in [0.5, 0.6) is 0 Å². The fourth-order valence-electron chi connectivity index (χ4n) is 2.70. The van der Waals surface area contributed by atoms with Crippen LogP contribution in [0.2, 0.25) is 0 Å². The van der Waals surface area contributed by atoms with Gasteiger partial charge in [-0.1, -0.05) is 24.3 Å². The Labute approximate surface area is 127 Å². The molecule has 0 spiro atoms. The van der Waals surface area contributed by atoms with Crippen LogP contribution < -0.4 is 16.4 Å². The van der Waals surface area contributed by atoms with Crippen molar-refractivity contribution in [2.24, 2.45) is 5.73 Å². The van der Waals surface area contributed by atoms with E-state index in [1.807, 2.05) is 14.1 Å². The molecular formula is C18H25N3. The van der Waals surface area contributed by atoms with E-state index in [9.17, 15) is 0 Å². The fraction of sp³-hybridized carbons (Fsp3) is 0.333. The van der Waals surface area contributed by atoms with E-state index in [0.29, 0.717) is 0 Å². The Bertz CT molecular complexity index is 589. The van der Waals surface area contributed by atoms with E-state index in [-0.39, 0.29) is 0 Å². The monoisotopic (exact) mass is 283 g/mol. The lowest BCUT2D eigenvalue weighted by Crippen LogP contribution is -2.34. The van der Waals surface area contributed by atoms with E-state index in [1.54, 1.807) is 0 Å². The maximum atomic E-state index is 6.64. The minimum absolute atomic E-state index is 0.506. The molecule has 0 aliphatic carbocycles. The second-order valence-corrected chi connectivity index (χ2v) is 5.76. The molecule has 0 fully saturated rings. The standard InChI is InChI=1S/C18H25N3/c1-12-10-14(6-8-16(12)20-4)18(3,19)15-7-9-17(21-5)13(2)11-15/h6-11,20-21H,19H2,1-5H3. The zero-order valence-electron chi connectivity index (χ0n) is 13.5. The number of aryl methyl sites for hydroxylation is 2. The maximum Gasteiger partial charge on any atom is 0.0637 e. The highest BCUT2D eigenvalue weighted by molar-refractivity contribution is 5.56. The first-order valence-electron chi connectivity index (χ1n) is 7.26. The van der Waals surface area contributed by atoms with Gasteiger partial charge in [-0.2, -0.15) is 0 Å². The van der Waals surface area contributed by atoms with Gasteiger partial charge in [0.15, 0.2) is 0 Å². The first-order chi connectivity index (χ1) is 9.90. The SMILES string of the molecule is CNc1ccc(C(C)(N)c2ccc(NC)c(C)c2)cc1C. The summed E-state index contributed by atoms with van der Waals surface area (Å²) in [4.78, 5) is 0. The van der Waals surface area contributed by atoms with E-state index in [1.165, 1.54) is 11.1 Å². The summed E-state index contributed by atoms with van der Waals surface area (Å²) in [6, 6.07) is 12.7. The van der Waals surface area contributed by atoms with E-state index in [0.717, 1.165) is 22.5 Å². The summed E-state index contributed by atoms with van der Waals surface area (Å²) in [7, 11) is 3.87. The van der Waals surface area contributed by atoms with Gasteiger partial charge < -0.3 is 16.4 Å². The third kappa shape index (κ3) is 2.88. The van der Waals surface area contributed by atoms with Crippen molar-refractivity contribution < 1.29 is 0 Å². The minimum atomic E-state index is -0.506. The van der Waals surface area contributed by atoms with E-state index < -0.39 is 5.54 Å². The molecule has 0 aromatic heterocycles. The number of benzene rings is 2. The van der Waals surface area contributed by atoms with Gasteiger partial charge in [0.05, 0.1) is 5.54 Å². The number of nitrogens with one attached hydrogen (secondary N) is 2. The number of nitrogens with two attached hydrogens (primary N) is 1. The van der Waals surface area contributed by atoms with Gasteiger partial charge in [0.2, 0.25) is 0 Å². The Kier molecular flexibility index (Phi) is 4.24. The predicted molar refractivity (Wildman–Crippen MR) is 92.1 cm³/mol. The Hall–Kier alpha value is -2.00. The lowest BCUT2D eigenvalue weighted by molar-refractivity contribution is 0.602. The Morgan fingerprint density at radius 3 is 1.48 bits per heavy atom. The second-order valence-electron chi connectivity index (χ2n) is 5.76. The van der Waals surface area contributed by atoms with Crippen LogP contribution in [0.15, 0.2) is 36.4 Å². The van der Waals surface area contributed by atoms with Crippen molar-refractivity contribution >= 4 is 11.4 Å². The quantitative estimate of drug-likeness (QED) is 0.803. The zero-order valence-corrected chi connectivity index (χ0v) is 13.5. The molecule has 0 heterocycles. The average molecular weight is 283 g/mol. The summed E-state index contributed by atoms with van der Waals surface area (Å²) in [5, 5.41) is 6.38. The summed E-state index contributed by atoms with van der Waals surface area (Å²) in [6.45, 7) is 6.26. The topological polar surface area (TPSA) is 50.1 Å². The van der Waals surface area contributed by atoms with Crippen LogP contribution in [0.3, 0.4) is 0 Å². The maximum absolute atomic E-state index is 6.64. The molecule has 0 radical (unpaired) electrons. The molecule has 2 aromatic carbocycles. The van der Waals surface area contributed by atoms with Gasteiger partial charge in [0, 0.05) is 25.5 Å². The Balaban J connectivity index is 2.45. The largest absolute Gasteiger partial charge is 0.388 e. The summed E-state index contributed by atoms with van der Waals surface area (Å²) in [5.74, 6) is 0. The van der Waals surface area contributed by atoms with Gasteiger partial charge in [-0.15, -0.1) is 0 Å². The zero-order chi connectivity index (χ0) is 15.6. The van der Waals surface area contributed by atoms with Crippen molar-refractivity contribution in [3.8, 4) is 0 Å². The lowest BCUT2D eigenvalue weighted by Gasteiger charge is -2.27. The first kappa shape index (κ1) is 15.4. The molecule has 3 heteroatoms. The van der Waals surface area contributed by atoms with Gasteiger partial charge in [-0.25, -0.2) is 0 Å². The highest BCUT2D eigenvalue weighted by Crippen LogP contribution is 2.31. The number of anilines is 2. The van der Waals surface area contributed by atoms with E-state index in [2.05, 4.69) is 67.8 Å². The van der Waals surface area contributed by atoms with Gasteiger partial charge in [-0.05, 0) is 55.2 Å². The lowest BCUT2D eigenvalue weighted by atomic mass is 9.84. The number of hydrogen-bond acceptors (Lipinski definition) is 3. The molecule has 0 amide bonds. The summed E-state index contributed by atoms with van der Waals surface area (Å²) in [5.41, 5.74) is 13.1. The van der Waals surface area contributed by atoms with Crippen LogP contribution in [0.1, 0.15) is 29.2 Å². The van der Waals surface area contributed by atoms with Gasteiger partial charge in [-0.3, -0.25) is 0 Å². The average Bonchev–Trinajstić information content (AvgIpc) is 2.47. The highest BCUT2D eigenvalue weighted by Gasteiger charge is 2.24. The van der Waals surface area contributed by atoms with Crippen LogP contribution in [-0.2, 0) is 5.54 Å². The van der Waals surface area contributed by atoms with Gasteiger partial charge in [0.25, 0.3) is 0 Å². The van der Waals surface area contributed by atoms with E-state index >= 15 is 0 Å². The van der Waals surface area contributed by atoms with Crippen molar-refractivity contribution in [2.75, 3.05) is 24.7 Å². The van der Waals surface area contributed by atoms with Crippen molar-refractivity contribution in [2.45, 2.75) is 26.3 Å². The first-order valence-corrected chi connectivity index (χ1v) is 7.26. The number of rotatable bonds is 4. The molecule has 2 aromatic rings. The third-order valence-electron chi connectivity index (χ3n) is 4.19. The van der Waals surface area contributed by atoms with Crippen molar-refractivity contribution in [3.63, 3.8) is 0 Å². The van der Waals surface area contributed by atoms with Crippen LogP contribution in [-0.4, -0.2) is 14.1 Å². The highest BCUT2D eigenvalue weighted by atomic mass is 14.8.